The van der Waals surface area contributed by atoms with Crippen LogP contribution < -0.4 is 10.1 Å². The van der Waals surface area contributed by atoms with Crippen LogP contribution in [-0.2, 0) is 27.5 Å². The average Bonchev–Trinajstić information content (AvgIpc) is 3.17. The Labute approximate surface area is 180 Å². The molecule has 7 heteroatoms. The zero-order valence-electron chi connectivity index (χ0n) is 17.2. The molecular formula is C23H26N2O4S. The third-order valence-electron chi connectivity index (χ3n) is 4.74. The number of nitrogens with one attached hydrogen (secondary N) is 1. The summed E-state index contributed by atoms with van der Waals surface area (Å²) in [5.74, 6) is 0.887. The van der Waals surface area contributed by atoms with Crippen LogP contribution in [0.1, 0.15) is 12.0 Å². The van der Waals surface area contributed by atoms with Crippen molar-refractivity contribution in [1.82, 2.24) is 9.88 Å². The normalized spacial score (nSPS) is 11.8. The van der Waals surface area contributed by atoms with Gasteiger partial charge >= 0.3 is 5.97 Å². The molecule has 1 N–H and O–H groups in total. The zero-order valence-corrected chi connectivity index (χ0v) is 18.0. The molecule has 1 aromatic heterocycles. The maximum Gasteiger partial charge on any atom is 0.328 e. The van der Waals surface area contributed by atoms with Crippen molar-refractivity contribution in [2.24, 2.45) is 0 Å². The van der Waals surface area contributed by atoms with Gasteiger partial charge in [0.15, 0.2) is 0 Å². The van der Waals surface area contributed by atoms with E-state index in [1.54, 1.807) is 11.8 Å². The minimum absolute atomic E-state index is 0.125. The number of methoxy groups -OCH3 is 1. The lowest BCUT2D eigenvalue weighted by molar-refractivity contribution is -0.145. The van der Waals surface area contributed by atoms with Crippen molar-refractivity contribution < 1.29 is 19.1 Å². The highest BCUT2D eigenvalue weighted by atomic mass is 32.2. The van der Waals surface area contributed by atoms with Gasteiger partial charge in [0.25, 0.3) is 0 Å². The number of carbonyl (C=O) groups is 2. The van der Waals surface area contributed by atoms with E-state index in [2.05, 4.69) is 5.32 Å². The summed E-state index contributed by atoms with van der Waals surface area (Å²) in [4.78, 5) is 24.4. The Balaban J connectivity index is 1.63. The van der Waals surface area contributed by atoms with Crippen molar-refractivity contribution in [3.05, 3.63) is 66.4 Å². The fraction of sp³-hybridized carbons (Fsp3) is 0.304. The molecule has 0 aliphatic heterocycles. The van der Waals surface area contributed by atoms with Gasteiger partial charge in [-0.1, -0.05) is 30.3 Å². The second-order valence-corrected chi connectivity index (χ2v) is 7.85. The SMILES string of the molecule is COC(=O)C(CCSC)NC(=O)Cn1ccc2cc(OCc3ccccc3)ccc21. The Morgan fingerprint density at radius 1 is 1.13 bits per heavy atom. The summed E-state index contributed by atoms with van der Waals surface area (Å²) >= 11 is 1.62. The number of esters is 1. The molecule has 0 fully saturated rings. The van der Waals surface area contributed by atoms with Crippen LogP contribution in [0.25, 0.3) is 10.9 Å². The largest absolute Gasteiger partial charge is 0.489 e. The van der Waals surface area contributed by atoms with Gasteiger partial charge in [0.1, 0.15) is 24.9 Å². The van der Waals surface area contributed by atoms with Crippen molar-refractivity contribution in [1.29, 1.82) is 0 Å². The number of hydrogen-bond acceptors (Lipinski definition) is 5. The lowest BCUT2D eigenvalue weighted by atomic mass is 10.2. The first-order valence-corrected chi connectivity index (χ1v) is 11.1. The van der Waals surface area contributed by atoms with Gasteiger partial charge in [-0.05, 0) is 48.3 Å². The fourth-order valence-electron chi connectivity index (χ4n) is 3.17. The predicted octanol–water partition coefficient (Wildman–Crippen LogP) is 3.63. The number of aromatic nitrogens is 1. The Hall–Kier alpha value is -2.93. The molecule has 0 bridgehead atoms. The van der Waals surface area contributed by atoms with E-state index in [0.717, 1.165) is 28.0 Å². The van der Waals surface area contributed by atoms with E-state index >= 15 is 0 Å². The summed E-state index contributed by atoms with van der Waals surface area (Å²) in [6.45, 7) is 0.626. The standard InChI is InChI=1S/C23H26N2O4S/c1-28-23(27)20(11-13-30-2)24-22(26)15-25-12-10-18-14-19(8-9-21(18)25)29-16-17-6-4-3-5-7-17/h3-10,12,14,20H,11,13,15-16H2,1-2H3,(H,24,26). The molecule has 0 aliphatic rings. The first kappa shape index (κ1) is 21.8. The van der Waals surface area contributed by atoms with Crippen molar-refractivity contribution >= 4 is 34.5 Å². The number of rotatable bonds is 10. The highest BCUT2D eigenvalue weighted by Crippen LogP contribution is 2.23. The number of hydrogen-bond donors (Lipinski definition) is 1. The molecule has 1 heterocycles. The van der Waals surface area contributed by atoms with Gasteiger partial charge < -0.3 is 19.4 Å². The summed E-state index contributed by atoms with van der Waals surface area (Å²) in [5, 5.41) is 3.77. The second-order valence-electron chi connectivity index (χ2n) is 6.86. The van der Waals surface area contributed by atoms with Crippen molar-refractivity contribution in [3.8, 4) is 5.75 Å². The predicted molar refractivity (Wildman–Crippen MR) is 120 cm³/mol. The van der Waals surface area contributed by atoms with Crippen molar-refractivity contribution in [2.45, 2.75) is 25.6 Å². The maximum absolute atomic E-state index is 12.5. The zero-order chi connectivity index (χ0) is 21.3. The van der Waals surface area contributed by atoms with Crippen molar-refractivity contribution in [3.63, 3.8) is 0 Å². The number of fused-ring (bicyclic) bond motifs is 1. The Kier molecular flexibility index (Phi) is 7.79. The van der Waals surface area contributed by atoms with E-state index < -0.39 is 12.0 Å². The highest BCUT2D eigenvalue weighted by Gasteiger charge is 2.21. The molecule has 1 amide bonds. The molecule has 3 aromatic rings. The molecular weight excluding hydrogens is 400 g/mol. The van der Waals surface area contributed by atoms with Crippen LogP contribution in [0.3, 0.4) is 0 Å². The van der Waals surface area contributed by atoms with E-state index in [-0.39, 0.29) is 12.5 Å². The molecule has 3 rings (SSSR count). The van der Waals surface area contributed by atoms with Crippen molar-refractivity contribution in [2.75, 3.05) is 19.1 Å². The average molecular weight is 427 g/mol. The van der Waals surface area contributed by atoms with Crippen LogP contribution in [0.15, 0.2) is 60.8 Å². The molecule has 158 valence electrons. The third kappa shape index (κ3) is 5.79. The summed E-state index contributed by atoms with van der Waals surface area (Å²) in [6.07, 6.45) is 4.36. The minimum atomic E-state index is -0.630. The Morgan fingerprint density at radius 2 is 1.93 bits per heavy atom. The Morgan fingerprint density at radius 3 is 2.67 bits per heavy atom. The molecule has 6 nitrogen and oxygen atoms in total. The molecule has 1 atom stereocenters. The number of carbonyl (C=O) groups excluding carboxylic acids is 2. The summed E-state index contributed by atoms with van der Waals surface area (Å²) < 4.78 is 12.5. The van der Waals surface area contributed by atoms with Crippen LogP contribution >= 0.6 is 11.8 Å². The molecule has 1 unspecified atom stereocenters. The summed E-state index contributed by atoms with van der Waals surface area (Å²) in [7, 11) is 1.33. The van der Waals surface area contributed by atoms with Crippen LogP contribution in [0.5, 0.6) is 5.75 Å². The molecule has 2 aromatic carbocycles. The van der Waals surface area contributed by atoms with Gasteiger partial charge in [-0.3, -0.25) is 4.79 Å². The maximum atomic E-state index is 12.5. The molecule has 0 aliphatic carbocycles. The fourth-order valence-corrected chi connectivity index (χ4v) is 3.64. The van der Waals surface area contributed by atoms with E-state index in [1.807, 2.05) is 71.6 Å². The number of benzene rings is 2. The summed E-state index contributed by atoms with van der Waals surface area (Å²) in [6, 6.07) is 17.1. The van der Waals surface area contributed by atoms with Gasteiger partial charge in [0.05, 0.1) is 7.11 Å². The van der Waals surface area contributed by atoms with Crippen LogP contribution in [0.2, 0.25) is 0 Å². The minimum Gasteiger partial charge on any atom is -0.489 e. The van der Waals surface area contributed by atoms with Crippen LogP contribution in [0.4, 0.5) is 0 Å². The number of ether oxygens (including phenoxy) is 2. The highest BCUT2D eigenvalue weighted by molar-refractivity contribution is 7.98. The number of amides is 1. The van der Waals surface area contributed by atoms with Crippen LogP contribution in [-0.4, -0.2) is 41.6 Å². The van der Waals surface area contributed by atoms with E-state index in [1.165, 1.54) is 7.11 Å². The molecule has 0 spiro atoms. The quantitative estimate of drug-likeness (QED) is 0.502. The van der Waals surface area contributed by atoms with Gasteiger partial charge in [0.2, 0.25) is 5.91 Å². The lowest BCUT2D eigenvalue weighted by Gasteiger charge is -2.16. The smallest absolute Gasteiger partial charge is 0.328 e. The number of nitrogens with zero attached hydrogens (tertiary/aromatic N) is 1. The first-order chi connectivity index (χ1) is 14.6. The van der Waals surface area contributed by atoms with E-state index in [9.17, 15) is 9.59 Å². The third-order valence-corrected chi connectivity index (χ3v) is 5.38. The summed E-state index contributed by atoms with van der Waals surface area (Å²) in [5.41, 5.74) is 2.03. The Bertz CT molecular complexity index is 987. The molecule has 0 radical (unpaired) electrons. The molecule has 0 saturated carbocycles. The van der Waals surface area contributed by atoms with E-state index in [0.29, 0.717) is 13.0 Å². The van der Waals surface area contributed by atoms with E-state index in [4.69, 9.17) is 9.47 Å². The second kappa shape index (κ2) is 10.7. The molecule has 30 heavy (non-hydrogen) atoms. The van der Waals surface area contributed by atoms with Crippen LogP contribution in [0, 0.1) is 0 Å². The topological polar surface area (TPSA) is 69.6 Å². The lowest BCUT2D eigenvalue weighted by Crippen LogP contribution is -2.43. The molecule has 0 saturated heterocycles. The number of thioether (sulfide) groups is 1. The first-order valence-electron chi connectivity index (χ1n) is 9.72. The van der Waals surface area contributed by atoms with Gasteiger partial charge in [-0.25, -0.2) is 4.79 Å². The monoisotopic (exact) mass is 426 g/mol. The van der Waals surface area contributed by atoms with Gasteiger partial charge in [-0.2, -0.15) is 11.8 Å². The van der Waals surface area contributed by atoms with Gasteiger partial charge in [-0.15, -0.1) is 0 Å². The van der Waals surface area contributed by atoms with Gasteiger partial charge in [0, 0.05) is 17.1 Å².